The highest BCUT2D eigenvalue weighted by molar-refractivity contribution is 6.00. The van der Waals surface area contributed by atoms with E-state index in [1.807, 2.05) is 29.3 Å². The summed E-state index contributed by atoms with van der Waals surface area (Å²) in [5.41, 5.74) is 10.6. The van der Waals surface area contributed by atoms with Crippen LogP contribution in [0.3, 0.4) is 0 Å². The average Bonchev–Trinajstić information content (AvgIpc) is 3.36. The lowest BCUT2D eigenvalue weighted by Gasteiger charge is -2.38. The Labute approximate surface area is 256 Å². The molecule has 10 heteroatoms. The number of carbonyl (C=O) groups excluding carboxylic acids is 2. The number of piperidine rings is 1. The second-order valence-electron chi connectivity index (χ2n) is 13.0. The number of imidazole rings is 1. The number of carbonyl (C=O) groups is 2. The van der Waals surface area contributed by atoms with Crippen LogP contribution in [0.4, 0.5) is 0 Å². The second kappa shape index (κ2) is 10.4. The molecule has 10 nitrogen and oxygen atoms in total. The van der Waals surface area contributed by atoms with Crippen LogP contribution < -0.4 is 10.5 Å². The average molecular weight is 592 g/mol. The maximum atomic E-state index is 13.9. The summed E-state index contributed by atoms with van der Waals surface area (Å²) in [4.78, 5) is 40.0. The van der Waals surface area contributed by atoms with Gasteiger partial charge in [-0.05, 0) is 80.7 Å². The number of benzene rings is 1. The molecule has 2 unspecified atom stereocenters. The Balaban J connectivity index is 1.24. The number of rotatable bonds is 7. The minimum atomic E-state index is -0.133. The Hall–Kier alpha value is -4.36. The van der Waals surface area contributed by atoms with Gasteiger partial charge in [-0.1, -0.05) is 5.92 Å². The van der Waals surface area contributed by atoms with Gasteiger partial charge in [0, 0.05) is 67.9 Å². The Morgan fingerprint density at radius 2 is 1.86 bits per heavy atom. The number of hydrogen-bond acceptors (Lipinski definition) is 6. The predicted molar refractivity (Wildman–Crippen MR) is 167 cm³/mol. The van der Waals surface area contributed by atoms with Gasteiger partial charge in [0.05, 0.1) is 18.3 Å². The first-order chi connectivity index (χ1) is 21.4. The van der Waals surface area contributed by atoms with Gasteiger partial charge in [-0.15, -0.1) is 0 Å². The van der Waals surface area contributed by atoms with Crippen LogP contribution >= 0.6 is 0 Å². The zero-order valence-electron chi connectivity index (χ0n) is 25.2. The number of likely N-dealkylation sites (tertiary alicyclic amines) is 2. The minimum absolute atomic E-state index is 0.0128. The largest absolute Gasteiger partial charge is 0.494 e. The standard InChI is InChI=1S/C34H37N7O3/c1-3-5-29(42)38-15-21(16-38)18-41-31-25(12-24(14-28(31)44-2)34(43)40-19-23-9-10-26(40)30(23)35)37-33(41)27-13-22-6-4-11-36-32(22)39(27)17-20-7-8-20/h4,6,11-14,20-21,23,26,30H,7-10,15-19,35H2,1-2H3/t23?,26?,30-/m1/s1. The number of aromatic nitrogens is 4. The van der Waals surface area contributed by atoms with E-state index in [0.29, 0.717) is 49.3 Å². The Bertz CT molecular complexity index is 1870. The fraction of sp³-hybridized carbons (Fsp3) is 0.471. The van der Waals surface area contributed by atoms with Crippen molar-refractivity contribution in [1.82, 2.24) is 28.9 Å². The van der Waals surface area contributed by atoms with Crippen molar-refractivity contribution in [1.29, 1.82) is 0 Å². The normalized spacial score (nSPS) is 22.8. The van der Waals surface area contributed by atoms with Gasteiger partial charge < -0.3 is 29.4 Å². The molecule has 226 valence electrons. The van der Waals surface area contributed by atoms with E-state index in [1.54, 1.807) is 18.9 Å². The first kappa shape index (κ1) is 27.2. The lowest BCUT2D eigenvalue weighted by Crippen LogP contribution is -2.51. The first-order valence-corrected chi connectivity index (χ1v) is 15.7. The van der Waals surface area contributed by atoms with Gasteiger partial charge in [-0.25, -0.2) is 9.97 Å². The van der Waals surface area contributed by atoms with E-state index in [0.717, 1.165) is 53.0 Å². The summed E-state index contributed by atoms with van der Waals surface area (Å²) in [6.07, 6.45) is 6.33. The van der Waals surface area contributed by atoms with Gasteiger partial charge in [0.25, 0.3) is 11.8 Å². The molecule has 2 amide bonds. The summed E-state index contributed by atoms with van der Waals surface area (Å²) in [7, 11) is 1.65. The molecule has 8 rings (SSSR count). The molecular formula is C34H37N7O3. The molecule has 2 saturated heterocycles. The monoisotopic (exact) mass is 591 g/mol. The van der Waals surface area contributed by atoms with Crippen molar-refractivity contribution in [3.05, 3.63) is 42.1 Å². The summed E-state index contributed by atoms with van der Waals surface area (Å²) >= 11 is 0. The lowest BCUT2D eigenvalue weighted by atomic mass is 9.99. The predicted octanol–water partition coefficient (Wildman–Crippen LogP) is 3.52. The number of nitrogens with zero attached hydrogens (tertiary/aromatic N) is 6. The van der Waals surface area contributed by atoms with E-state index in [2.05, 4.69) is 33.1 Å². The van der Waals surface area contributed by atoms with Crippen molar-refractivity contribution in [2.45, 2.75) is 57.8 Å². The van der Waals surface area contributed by atoms with E-state index in [9.17, 15) is 9.59 Å². The number of hydrogen-bond donors (Lipinski definition) is 1. The molecule has 2 bridgehead atoms. The third kappa shape index (κ3) is 4.36. The molecule has 4 aliphatic rings. The van der Waals surface area contributed by atoms with Crippen molar-refractivity contribution < 1.29 is 14.3 Å². The molecule has 0 spiro atoms. The molecule has 3 atom stereocenters. The van der Waals surface area contributed by atoms with Crippen molar-refractivity contribution in [2.75, 3.05) is 26.7 Å². The molecule has 1 aromatic carbocycles. The van der Waals surface area contributed by atoms with Gasteiger partial charge in [0.1, 0.15) is 16.9 Å². The van der Waals surface area contributed by atoms with Crippen LogP contribution in [-0.2, 0) is 17.9 Å². The number of amides is 2. The molecule has 0 radical (unpaired) electrons. The number of ether oxygens (including phenoxy) is 1. The maximum Gasteiger partial charge on any atom is 0.298 e. The van der Waals surface area contributed by atoms with Crippen LogP contribution in [0, 0.1) is 29.6 Å². The van der Waals surface area contributed by atoms with Crippen LogP contribution in [0.5, 0.6) is 5.75 Å². The van der Waals surface area contributed by atoms with Crippen molar-refractivity contribution in [3.8, 4) is 29.1 Å². The van der Waals surface area contributed by atoms with Gasteiger partial charge in [0.15, 0.2) is 5.82 Å². The molecule has 5 heterocycles. The molecule has 2 saturated carbocycles. The summed E-state index contributed by atoms with van der Waals surface area (Å²) in [6.45, 7) is 5.20. The minimum Gasteiger partial charge on any atom is -0.494 e. The summed E-state index contributed by atoms with van der Waals surface area (Å²) < 4.78 is 10.5. The van der Waals surface area contributed by atoms with E-state index in [-0.39, 0.29) is 29.8 Å². The Morgan fingerprint density at radius 3 is 2.57 bits per heavy atom. The second-order valence-corrected chi connectivity index (χ2v) is 13.0. The van der Waals surface area contributed by atoms with Gasteiger partial charge in [-0.3, -0.25) is 9.59 Å². The van der Waals surface area contributed by atoms with E-state index < -0.39 is 0 Å². The Morgan fingerprint density at radius 1 is 1.05 bits per heavy atom. The summed E-state index contributed by atoms with van der Waals surface area (Å²) in [5, 5.41) is 1.07. The molecular weight excluding hydrogens is 554 g/mol. The van der Waals surface area contributed by atoms with Gasteiger partial charge in [-0.2, -0.15) is 0 Å². The number of pyridine rings is 1. The molecule has 4 fully saturated rings. The summed E-state index contributed by atoms with van der Waals surface area (Å²) in [6, 6.07) is 10.2. The maximum absolute atomic E-state index is 13.9. The number of fused-ring (bicyclic) bond motifs is 4. The molecule has 2 N–H and O–H groups in total. The zero-order chi connectivity index (χ0) is 30.1. The van der Waals surface area contributed by atoms with Crippen LogP contribution in [0.25, 0.3) is 33.6 Å². The van der Waals surface area contributed by atoms with E-state index in [4.69, 9.17) is 20.4 Å². The fourth-order valence-corrected chi connectivity index (χ4v) is 7.64. The lowest BCUT2D eigenvalue weighted by molar-refractivity contribution is -0.131. The Kier molecular flexibility index (Phi) is 6.42. The third-order valence-electron chi connectivity index (χ3n) is 10.1. The van der Waals surface area contributed by atoms with Crippen LogP contribution in [-0.4, -0.2) is 79.5 Å². The smallest absolute Gasteiger partial charge is 0.298 e. The molecule has 3 aromatic heterocycles. The first-order valence-electron chi connectivity index (χ1n) is 15.7. The molecule has 44 heavy (non-hydrogen) atoms. The van der Waals surface area contributed by atoms with Crippen molar-refractivity contribution in [3.63, 3.8) is 0 Å². The quantitative estimate of drug-likeness (QED) is 0.330. The van der Waals surface area contributed by atoms with E-state index >= 15 is 0 Å². The highest BCUT2D eigenvalue weighted by Gasteiger charge is 2.47. The number of methoxy groups -OCH3 is 1. The van der Waals surface area contributed by atoms with E-state index in [1.165, 1.54) is 12.8 Å². The molecule has 2 aliphatic carbocycles. The highest BCUT2D eigenvalue weighted by Crippen LogP contribution is 2.41. The van der Waals surface area contributed by atoms with Crippen LogP contribution in [0.2, 0.25) is 0 Å². The fourth-order valence-electron chi connectivity index (χ4n) is 7.64. The molecule has 4 aromatic rings. The SMILES string of the molecule is CC#CC(=O)N1CC(Cn2c(-c3cc4cccnc4n3CC3CC3)nc3cc(C(=O)N4CC5CCC4[C@@H]5N)cc(OC)c32)C1. The molecule has 2 aliphatic heterocycles. The van der Waals surface area contributed by atoms with Crippen LogP contribution in [0.1, 0.15) is 43.0 Å². The van der Waals surface area contributed by atoms with Crippen molar-refractivity contribution in [2.24, 2.45) is 23.5 Å². The van der Waals surface area contributed by atoms with Crippen molar-refractivity contribution >= 4 is 33.9 Å². The zero-order valence-corrected chi connectivity index (χ0v) is 25.2. The van der Waals surface area contributed by atoms with Gasteiger partial charge in [0.2, 0.25) is 0 Å². The number of nitrogens with two attached hydrogens (primary N) is 1. The topological polar surface area (TPSA) is 112 Å². The summed E-state index contributed by atoms with van der Waals surface area (Å²) in [5.74, 6) is 7.91. The van der Waals surface area contributed by atoms with Crippen LogP contribution in [0.15, 0.2) is 36.5 Å². The third-order valence-corrected chi connectivity index (χ3v) is 10.1. The van der Waals surface area contributed by atoms with Gasteiger partial charge >= 0.3 is 0 Å². The highest BCUT2D eigenvalue weighted by atomic mass is 16.5.